The molecule has 0 aliphatic rings. The van der Waals surface area contributed by atoms with Gasteiger partial charge in [-0.2, -0.15) is 18.3 Å². The van der Waals surface area contributed by atoms with Gasteiger partial charge in [0.2, 0.25) is 10.0 Å². The fraction of sp³-hybridized carbons (Fsp3) is 0.556. The number of hydrogen-bond acceptors (Lipinski definition) is 4. The average Bonchev–Trinajstić information content (AvgIpc) is 2.57. The minimum atomic E-state index is -4.40. The molecule has 0 aromatic carbocycles. The SMILES string of the molecule is Cn1ncc(C(=N)N)c1NS(=O)(=O)CCCC(F)(F)F. The van der Waals surface area contributed by atoms with E-state index in [1.54, 1.807) is 0 Å². The number of aryl methyl sites for hydroxylation is 1. The molecule has 0 radical (unpaired) electrons. The van der Waals surface area contributed by atoms with Crippen LogP contribution in [0.4, 0.5) is 19.0 Å². The van der Waals surface area contributed by atoms with E-state index in [4.69, 9.17) is 11.1 Å². The highest BCUT2D eigenvalue weighted by Gasteiger charge is 2.28. The van der Waals surface area contributed by atoms with Crippen molar-refractivity contribution in [3.63, 3.8) is 0 Å². The van der Waals surface area contributed by atoms with Crippen LogP contribution in [0.3, 0.4) is 0 Å². The Hall–Kier alpha value is -1.78. The summed E-state index contributed by atoms with van der Waals surface area (Å²) in [5, 5.41) is 11.0. The second kappa shape index (κ2) is 5.69. The summed E-state index contributed by atoms with van der Waals surface area (Å²) in [5.74, 6) is -1.13. The molecule has 0 aliphatic heterocycles. The Kier molecular flexibility index (Phi) is 4.63. The first kappa shape index (κ1) is 16.3. The first-order valence-corrected chi connectivity index (χ1v) is 7.11. The van der Waals surface area contributed by atoms with Crippen molar-refractivity contribution in [3.8, 4) is 0 Å². The van der Waals surface area contributed by atoms with Crippen LogP contribution in [0, 0.1) is 5.41 Å². The number of halogens is 3. The Morgan fingerprint density at radius 2 is 2.15 bits per heavy atom. The molecule has 0 unspecified atom stereocenters. The quantitative estimate of drug-likeness (QED) is 0.532. The van der Waals surface area contributed by atoms with Gasteiger partial charge in [0.15, 0.2) is 0 Å². The molecule has 1 heterocycles. The number of anilines is 1. The Morgan fingerprint density at radius 3 is 2.65 bits per heavy atom. The number of alkyl halides is 3. The maximum absolute atomic E-state index is 12.0. The van der Waals surface area contributed by atoms with Gasteiger partial charge in [0.1, 0.15) is 11.7 Å². The van der Waals surface area contributed by atoms with Gasteiger partial charge in [-0.25, -0.2) is 8.42 Å². The summed E-state index contributed by atoms with van der Waals surface area (Å²) >= 11 is 0. The maximum atomic E-state index is 12.0. The number of nitrogens with zero attached hydrogens (tertiary/aromatic N) is 2. The fourth-order valence-corrected chi connectivity index (χ4v) is 2.58. The second-order valence-corrected chi connectivity index (χ2v) is 5.93. The normalized spacial score (nSPS) is 12.4. The second-order valence-electron chi connectivity index (χ2n) is 4.08. The van der Waals surface area contributed by atoms with Crippen LogP contribution in [-0.2, 0) is 17.1 Å². The smallest absolute Gasteiger partial charge is 0.384 e. The highest BCUT2D eigenvalue weighted by molar-refractivity contribution is 7.92. The van der Waals surface area contributed by atoms with Crippen LogP contribution in [0.1, 0.15) is 18.4 Å². The maximum Gasteiger partial charge on any atom is 0.389 e. The molecule has 7 nitrogen and oxygen atoms in total. The molecule has 0 atom stereocenters. The number of amidine groups is 1. The van der Waals surface area contributed by atoms with Crippen LogP contribution < -0.4 is 10.5 Å². The number of sulfonamides is 1. The number of aromatic nitrogens is 2. The monoisotopic (exact) mass is 313 g/mol. The lowest BCUT2D eigenvalue weighted by Crippen LogP contribution is -2.22. The molecule has 1 aromatic rings. The van der Waals surface area contributed by atoms with Crippen molar-refractivity contribution in [1.29, 1.82) is 5.41 Å². The van der Waals surface area contributed by atoms with E-state index in [9.17, 15) is 21.6 Å². The number of nitrogen functional groups attached to an aromatic ring is 1. The highest BCUT2D eigenvalue weighted by Crippen LogP contribution is 2.22. The average molecular weight is 313 g/mol. The van der Waals surface area contributed by atoms with Gasteiger partial charge >= 0.3 is 6.18 Å². The Bertz CT molecular complexity index is 593. The van der Waals surface area contributed by atoms with E-state index in [1.807, 2.05) is 0 Å². The fourth-order valence-electron chi connectivity index (χ4n) is 1.42. The van der Waals surface area contributed by atoms with Crippen molar-refractivity contribution in [2.45, 2.75) is 19.0 Å². The van der Waals surface area contributed by atoms with Gasteiger partial charge in [-0.1, -0.05) is 0 Å². The molecule has 0 amide bonds. The van der Waals surface area contributed by atoms with Crippen LogP contribution in [0.15, 0.2) is 6.20 Å². The van der Waals surface area contributed by atoms with Gasteiger partial charge in [0.05, 0.1) is 17.5 Å². The molecule has 1 aromatic heterocycles. The van der Waals surface area contributed by atoms with E-state index in [0.29, 0.717) is 0 Å². The zero-order chi connectivity index (χ0) is 15.6. The lowest BCUT2D eigenvalue weighted by atomic mass is 10.3. The molecule has 1 rings (SSSR count). The minimum Gasteiger partial charge on any atom is -0.384 e. The third kappa shape index (κ3) is 4.72. The van der Waals surface area contributed by atoms with Crippen LogP contribution in [-0.4, -0.2) is 36.0 Å². The van der Waals surface area contributed by atoms with Gasteiger partial charge in [0, 0.05) is 13.5 Å². The summed E-state index contributed by atoms with van der Waals surface area (Å²) in [6.45, 7) is 0. The van der Waals surface area contributed by atoms with E-state index < -0.39 is 40.6 Å². The molecular formula is C9H14F3N5O2S. The molecule has 4 N–H and O–H groups in total. The van der Waals surface area contributed by atoms with E-state index >= 15 is 0 Å². The standard InChI is InChI=1S/C9H14F3N5O2S/c1-17-8(6(5-15-17)7(13)14)16-20(18,19)4-2-3-9(10,11)12/h5,16H,2-4H2,1H3,(H3,13,14). The molecule has 20 heavy (non-hydrogen) atoms. The van der Waals surface area contributed by atoms with Gasteiger partial charge in [-0.3, -0.25) is 14.8 Å². The minimum absolute atomic E-state index is 0.0514. The lowest BCUT2D eigenvalue weighted by Gasteiger charge is -2.10. The van der Waals surface area contributed by atoms with Crippen LogP contribution >= 0.6 is 0 Å². The summed E-state index contributed by atoms with van der Waals surface area (Å²) in [7, 11) is -2.55. The van der Waals surface area contributed by atoms with Gasteiger partial charge in [-0.05, 0) is 6.42 Å². The number of nitrogens with one attached hydrogen (secondary N) is 2. The number of rotatable bonds is 6. The van der Waals surface area contributed by atoms with E-state index in [2.05, 4.69) is 9.82 Å². The lowest BCUT2D eigenvalue weighted by molar-refractivity contribution is -0.134. The Labute approximate surface area is 113 Å². The van der Waals surface area contributed by atoms with Crippen LogP contribution in [0.25, 0.3) is 0 Å². The summed E-state index contributed by atoms with van der Waals surface area (Å²) in [6, 6.07) is 0. The predicted molar refractivity (Wildman–Crippen MR) is 66.9 cm³/mol. The van der Waals surface area contributed by atoms with Crippen molar-refractivity contribution in [1.82, 2.24) is 9.78 Å². The van der Waals surface area contributed by atoms with Crippen LogP contribution in [0.5, 0.6) is 0 Å². The number of nitrogens with two attached hydrogens (primary N) is 1. The van der Waals surface area contributed by atoms with E-state index in [0.717, 1.165) is 4.68 Å². The van der Waals surface area contributed by atoms with Gasteiger partial charge in [-0.15, -0.1) is 0 Å². The predicted octanol–water partition coefficient (Wildman–Crippen LogP) is 0.788. The zero-order valence-electron chi connectivity index (χ0n) is 10.5. The van der Waals surface area contributed by atoms with Crippen molar-refractivity contribution in [2.24, 2.45) is 12.8 Å². The molecular weight excluding hydrogens is 299 g/mol. The third-order valence-corrected chi connectivity index (χ3v) is 3.68. The molecule has 0 saturated heterocycles. The van der Waals surface area contributed by atoms with Gasteiger partial charge < -0.3 is 5.73 Å². The van der Waals surface area contributed by atoms with Crippen molar-refractivity contribution in [2.75, 3.05) is 10.5 Å². The molecule has 0 fully saturated rings. The molecule has 0 spiro atoms. The van der Waals surface area contributed by atoms with Crippen molar-refractivity contribution < 1.29 is 21.6 Å². The van der Waals surface area contributed by atoms with E-state index in [-0.39, 0.29) is 11.4 Å². The Balaban J connectivity index is 2.77. The topological polar surface area (TPSA) is 114 Å². The summed E-state index contributed by atoms with van der Waals surface area (Å²) < 4.78 is 62.5. The summed E-state index contributed by atoms with van der Waals surface area (Å²) in [5.41, 5.74) is 5.31. The zero-order valence-corrected chi connectivity index (χ0v) is 11.3. The first-order chi connectivity index (χ1) is 9.02. The van der Waals surface area contributed by atoms with Crippen molar-refractivity contribution in [3.05, 3.63) is 11.8 Å². The molecule has 0 saturated carbocycles. The molecule has 0 bridgehead atoms. The van der Waals surface area contributed by atoms with Crippen LogP contribution in [0.2, 0.25) is 0 Å². The highest BCUT2D eigenvalue weighted by atomic mass is 32.2. The largest absolute Gasteiger partial charge is 0.389 e. The summed E-state index contributed by atoms with van der Waals surface area (Å²) in [4.78, 5) is 0. The first-order valence-electron chi connectivity index (χ1n) is 5.45. The van der Waals surface area contributed by atoms with Crippen molar-refractivity contribution >= 4 is 21.7 Å². The molecule has 0 aliphatic carbocycles. The third-order valence-electron chi connectivity index (χ3n) is 2.35. The Morgan fingerprint density at radius 1 is 1.55 bits per heavy atom. The molecule has 11 heteroatoms. The molecule has 114 valence electrons. The summed E-state index contributed by atoms with van der Waals surface area (Å²) in [6.07, 6.45) is -4.94. The number of hydrogen-bond donors (Lipinski definition) is 3. The van der Waals surface area contributed by atoms with Gasteiger partial charge in [0.25, 0.3) is 0 Å². The van der Waals surface area contributed by atoms with E-state index in [1.165, 1.54) is 13.2 Å².